The third-order valence-electron chi connectivity index (χ3n) is 8.10. The number of ether oxygens (including phenoxy) is 3. The maximum atomic E-state index is 13.9. The highest BCUT2D eigenvalue weighted by Gasteiger charge is 2.29. The van der Waals surface area contributed by atoms with Gasteiger partial charge in [-0.3, -0.25) is 4.79 Å². The Hall–Kier alpha value is -3.09. The molecular weight excluding hydrogens is 574 g/mol. The van der Waals surface area contributed by atoms with Gasteiger partial charge in [0, 0.05) is 31.0 Å². The molecule has 0 unspecified atom stereocenters. The molecule has 11 heteroatoms. The van der Waals surface area contributed by atoms with E-state index in [1.54, 1.807) is 17.4 Å². The van der Waals surface area contributed by atoms with Gasteiger partial charge in [0.15, 0.2) is 0 Å². The van der Waals surface area contributed by atoms with Gasteiger partial charge in [0.2, 0.25) is 0 Å². The molecule has 9 nitrogen and oxygen atoms in total. The highest BCUT2D eigenvalue weighted by Crippen LogP contribution is 2.40. The van der Waals surface area contributed by atoms with E-state index in [9.17, 15) is 13.2 Å². The van der Waals surface area contributed by atoms with Crippen molar-refractivity contribution in [2.24, 2.45) is 5.92 Å². The van der Waals surface area contributed by atoms with Crippen LogP contribution in [0.4, 0.5) is 0 Å². The Kier molecular flexibility index (Phi) is 8.46. The molecule has 0 radical (unpaired) electrons. The molecule has 0 atom stereocenters. The summed E-state index contributed by atoms with van der Waals surface area (Å²) in [6, 6.07) is 13.6. The zero-order valence-electron chi connectivity index (χ0n) is 23.9. The molecule has 4 heterocycles. The predicted molar refractivity (Wildman–Crippen MR) is 164 cm³/mol. The van der Waals surface area contributed by atoms with Crippen molar-refractivity contribution in [3.63, 3.8) is 0 Å². The van der Waals surface area contributed by atoms with Crippen LogP contribution in [0, 0.1) is 19.8 Å². The summed E-state index contributed by atoms with van der Waals surface area (Å²) in [5.74, 6) is 0.329. The van der Waals surface area contributed by atoms with E-state index in [4.69, 9.17) is 19.2 Å². The number of hydrogen-bond donors (Lipinski definition) is 1. The van der Waals surface area contributed by atoms with Crippen LogP contribution in [0.5, 0.6) is 5.75 Å². The number of benzene rings is 2. The number of aromatic nitrogens is 1. The third-order valence-corrected chi connectivity index (χ3v) is 10.9. The first-order chi connectivity index (χ1) is 20.3. The molecule has 0 aliphatic carbocycles. The van der Waals surface area contributed by atoms with Crippen LogP contribution in [0.1, 0.15) is 40.7 Å². The lowest BCUT2D eigenvalue weighted by Gasteiger charge is -2.26. The van der Waals surface area contributed by atoms with Crippen LogP contribution in [0.25, 0.3) is 31.6 Å². The maximum Gasteiger partial charge on any atom is 0.304 e. The highest BCUT2D eigenvalue weighted by atomic mass is 32.2. The lowest BCUT2D eigenvalue weighted by atomic mass is 9.97. The Bertz CT molecular complexity index is 1720. The molecule has 6 rings (SSSR count). The topological polar surface area (TPSA) is 107 Å². The summed E-state index contributed by atoms with van der Waals surface area (Å²) in [7, 11) is -4.08. The Morgan fingerprint density at radius 3 is 2.57 bits per heavy atom. The van der Waals surface area contributed by atoms with Crippen LogP contribution in [-0.4, -0.2) is 69.7 Å². The van der Waals surface area contributed by atoms with Crippen molar-refractivity contribution in [2.45, 2.75) is 33.1 Å². The van der Waals surface area contributed by atoms with Gasteiger partial charge >= 0.3 is 10.2 Å². The number of fused-ring (bicyclic) bond motifs is 2. The molecule has 0 bridgehead atoms. The molecule has 1 amide bonds. The molecule has 0 saturated carbocycles. The van der Waals surface area contributed by atoms with Crippen molar-refractivity contribution in [3.8, 4) is 16.3 Å². The molecule has 2 aliphatic heterocycles. The third kappa shape index (κ3) is 5.89. The first-order valence-corrected chi connectivity index (χ1v) is 16.6. The Balaban J connectivity index is 1.43. The first-order valence-electron chi connectivity index (χ1n) is 14.3. The fourth-order valence-corrected chi connectivity index (χ4v) is 7.94. The number of carbonyl (C=O) groups excluding carboxylic acids is 1. The number of nitrogens with one attached hydrogen (secondary N) is 1. The average molecular weight is 610 g/mol. The normalized spacial score (nSPS) is 17.1. The van der Waals surface area contributed by atoms with Crippen molar-refractivity contribution in [2.75, 3.05) is 46.1 Å². The molecule has 2 aromatic carbocycles. The second-order valence-electron chi connectivity index (χ2n) is 10.9. The van der Waals surface area contributed by atoms with Gasteiger partial charge in [-0.1, -0.05) is 24.3 Å². The van der Waals surface area contributed by atoms with E-state index in [1.807, 2.05) is 38.1 Å². The van der Waals surface area contributed by atoms with Gasteiger partial charge in [-0.15, -0.1) is 11.3 Å². The number of nitrogens with zero attached hydrogens (tertiary/aromatic N) is 2. The molecule has 2 saturated heterocycles. The van der Waals surface area contributed by atoms with Crippen LogP contribution >= 0.6 is 11.3 Å². The van der Waals surface area contributed by atoms with Crippen LogP contribution in [0.15, 0.2) is 42.5 Å². The highest BCUT2D eigenvalue weighted by molar-refractivity contribution is 7.87. The van der Waals surface area contributed by atoms with Crippen molar-refractivity contribution in [1.29, 1.82) is 0 Å². The molecule has 1 N–H and O–H groups in total. The first kappa shape index (κ1) is 29.0. The summed E-state index contributed by atoms with van der Waals surface area (Å²) in [6.45, 7) is 6.94. The summed E-state index contributed by atoms with van der Waals surface area (Å²) in [5, 5.41) is 1.64. The monoisotopic (exact) mass is 609 g/mol. The standard InChI is InChI=1S/C31H35N3O6S2/c1-20-7-8-26(40-16-11-22-9-14-38-15-10-22)28-24(31(35)33-42(36,37)34-12-17-39-18-13-34)19-25(32-29(20)28)30-21(2)23-5-3-4-6-27(23)41-30/h3-8,19,22H,9-18H2,1-2H3,(H,33,35). The zero-order valence-corrected chi connectivity index (χ0v) is 25.5. The van der Waals surface area contributed by atoms with Gasteiger partial charge in [0.05, 0.1) is 46.9 Å². The number of thiophene rings is 1. The van der Waals surface area contributed by atoms with Crippen molar-refractivity contribution in [1.82, 2.24) is 14.0 Å². The summed E-state index contributed by atoms with van der Waals surface area (Å²) < 4.78 is 48.2. The number of morpholine rings is 1. The van der Waals surface area contributed by atoms with E-state index in [1.165, 1.54) is 4.31 Å². The van der Waals surface area contributed by atoms with Crippen LogP contribution in [0.2, 0.25) is 0 Å². The minimum absolute atomic E-state index is 0.186. The minimum Gasteiger partial charge on any atom is -0.493 e. The van der Waals surface area contributed by atoms with Crippen LogP contribution in [0.3, 0.4) is 0 Å². The lowest BCUT2D eigenvalue weighted by molar-refractivity contribution is 0.0594. The summed E-state index contributed by atoms with van der Waals surface area (Å²) >= 11 is 1.61. The van der Waals surface area contributed by atoms with E-state index in [-0.39, 0.29) is 31.9 Å². The Morgan fingerprint density at radius 1 is 1.07 bits per heavy atom. The number of amides is 1. The van der Waals surface area contributed by atoms with E-state index >= 15 is 0 Å². The van der Waals surface area contributed by atoms with Crippen molar-refractivity contribution in [3.05, 3.63) is 59.2 Å². The van der Waals surface area contributed by atoms with Gasteiger partial charge in [0.1, 0.15) is 5.75 Å². The number of aryl methyl sites for hydroxylation is 2. The fourth-order valence-electron chi connectivity index (χ4n) is 5.67. The number of pyridine rings is 1. The second-order valence-corrected chi connectivity index (χ2v) is 13.6. The molecule has 42 heavy (non-hydrogen) atoms. The minimum atomic E-state index is -4.08. The van der Waals surface area contributed by atoms with Crippen molar-refractivity contribution < 1.29 is 27.4 Å². The smallest absolute Gasteiger partial charge is 0.304 e. The van der Waals surface area contributed by atoms with E-state index in [0.717, 1.165) is 58.6 Å². The van der Waals surface area contributed by atoms with Gasteiger partial charge < -0.3 is 14.2 Å². The summed E-state index contributed by atoms with van der Waals surface area (Å²) in [4.78, 5) is 19.9. The molecule has 2 aliphatic rings. The fraction of sp³-hybridized carbons (Fsp3) is 0.419. The van der Waals surface area contributed by atoms with Gasteiger partial charge in [-0.05, 0) is 73.7 Å². The van der Waals surface area contributed by atoms with Gasteiger partial charge in [0.25, 0.3) is 5.91 Å². The SMILES string of the molecule is Cc1c(-c2cc(C(=O)NS(=O)(=O)N3CCOCC3)c3c(OCCC4CCOCC4)ccc(C)c3n2)sc2ccccc12. The van der Waals surface area contributed by atoms with Crippen LogP contribution in [-0.2, 0) is 19.7 Å². The summed E-state index contributed by atoms with van der Waals surface area (Å²) in [6.07, 6.45) is 2.88. The molecule has 2 aromatic heterocycles. The van der Waals surface area contributed by atoms with E-state index in [2.05, 4.69) is 16.9 Å². The quantitative estimate of drug-likeness (QED) is 0.291. The predicted octanol–water partition coefficient (Wildman–Crippen LogP) is 5.24. The van der Waals surface area contributed by atoms with Gasteiger partial charge in [-0.2, -0.15) is 12.7 Å². The second kappa shape index (κ2) is 12.3. The zero-order chi connectivity index (χ0) is 29.3. The van der Waals surface area contributed by atoms with Crippen LogP contribution < -0.4 is 9.46 Å². The molecule has 222 valence electrons. The number of carbonyl (C=O) groups is 1. The van der Waals surface area contributed by atoms with E-state index in [0.29, 0.717) is 34.9 Å². The number of hydrogen-bond acceptors (Lipinski definition) is 8. The Labute approximate surface area is 250 Å². The molecule has 2 fully saturated rings. The maximum absolute atomic E-state index is 13.9. The molecule has 0 spiro atoms. The van der Waals surface area contributed by atoms with Crippen molar-refractivity contribution >= 4 is 48.4 Å². The van der Waals surface area contributed by atoms with Gasteiger partial charge in [-0.25, -0.2) is 9.71 Å². The average Bonchev–Trinajstić information content (AvgIpc) is 3.35. The number of rotatable bonds is 8. The van der Waals surface area contributed by atoms with E-state index < -0.39 is 16.1 Å². The summed E-state index contributed by atoms with van der Waals surface area (Å²) in [5.41, 5.74) is 3.39. The molecule has 4 aromatic rings. The Morgan fingerprint density at radius 2 is 1.81 bits per heavy atom. The lowest BCUT2D eigenvalue weighted by Crippen LogP contribution is -2.48. The molecular formula is C31H35N3O6S2. The largest absolute Gasteiger partial charge is 0.493 e.